The van der Waals surface area contributed by atoms with E-state index in [-0.39, 0.29) is 30.2 Å². The maximum atomic E-state index is 13.5. The molecule has 1 amide bonds. The van der Waals surface area contributed by atoms with Crippen molar-refractivity contribution < 1.29 is 9.18 Å². The van der Waals surface area contributed by atoms with E-state index in [1.807, 2.05) is 35.9 Å². The second-order valence-corrected chi connectivity index (χ2v) is 6.93. The summed E-state index contributed by atoms with van der Waals surface area (Å²) in [5, 5.41) is 10.7. The van der Waals surface area contributed by atoms with Crippen molar-refractivity contribution in [3.8, 4) is 0 Å². The largest absolute Gasteiger partial charge is 0.349 e. The van der Waals surface area contributed by atoms with E-state index >= 15 is 0 Å². The molecule has 1 aliphatic rings. The Kier molecular flexibility index (Phi) is 7.77. The molecule has 148 valence electrons. The molecule has 0 radical (unpaired) electrons. The summed E-state index contributed by atoms with van der Waals surface area (Å²) < 4.78 is 15.4. The molecule has 2 aromatic rings. The fourth-order valence-corrected chi connectivity index (χ4v) is 3.31. The van der Waals surface area contributed by atoms with Crippen LogP contribution in [0.2, 0.25) is 0 Å². The molecular formula is C19H27ClFN5O. The van der Waals surface area contributed by atoms with Crippen LogP contribution in [0, 0.1) is 5.82 Å². The molecule has 1 aliphatic heterocycles. The summed E-state index contributed by atoms with van der Waals surface area (Å²) in [6.45, 7) is 2.30. The number of amides is 1. The first kappa shape index (κ1) is 21.3. The molecule has 0 aliphatic carbocycles. The van der Waals surface area contributed by atoms with Gasteiger partial charge in [0.15, 0.2) is 0 Å². The number of carbonyl (C=O) groups is 1. The van der Waals surface area contributed by atoms with Gasteiger partial charge in [-0.05, 0) is 57.2 Å². The van der Waals surface area contributed by atoms with E-state index in [2.05, 4.69) is 15.7 Å². The summed E-state index contributed by atoms with van der Waals surface area (Å²) in [7, 11) is 3.82. The van der Waals surface area contributed by atoms with E-state index in [4.69, 9.17) is 0 Å². The highest BCUT2D eigenvalue weighted by atomic mass is 35.5. The smallest absolute Gasteiger partial charge is 0.271 e. The first-order valence-corrected chi connectivity index (χ1v) is 9.00. The topological polar surface area (TPSA) is 62.2 Å². The zero-order valence-electron chi connectivity index (χ0n) is 15.7. The SMILES string of the molecule is CN(C)C(CNC(=O)c1ccn(C2CCCNC2)n1)c1cccc(F)c1.Cl. The third kappa shape index (κ3) is 5.51. The fourth-order valence-electron chi connectivity index (χ4n) is 3.31. The van der Waals surface area contributed by atoms with Crippen LogP contribution in [0.1, 0.15) is 41.0 Å². The fraction of sp³-hybridized carbons (Fsp3) is 0.474. The first-order chi connectivity index (χ1) is 12.5. The van der Waals surface area contributed by atoms with Gasteiger partial charge >= 0.3 is 0 Å². The number of piperidine rings is 1. The van der Waals surface area contributed by atoms with Crippen molar-refractivity contribution in [1.82, 2.24) is 25.3 Å². The number of likely N-dealkylation sites (N-methyl/N-ethyl adjacent to an activating group) is 1. The normalized spacial score (nSPS) is 18.0. The second kappa shape index (κ2) is 9.82. The molecule has 1 aromatic carbocycles. The van der Waals surface area contributed by atoms with E-state index in [1.165, 1.54) is 12.1 Å². The predicted molar refractivity (Wildman–Crippen MR) is 106 cm³/mol. The Hall–Kier alpha value is -1.96. The Morgan fingerprint density at radius 2 is 2.26 bits per heavy atom. The molecule has 2 atom stereocenters. The first-order valence-electron chi connectivity index (χ1n) is 9.00. The van der Waals surface area contributed by atoms with E-state index < -0.39 is 0 Å². The highest BCUT2D eigenvalue weighted by molar-refractivity contribution is 5.92. The molecular weight excluding hydrogens is 369 g/mol. The summed E-state index contributed by atoms with van der Waals surface area (Å²) in [5.41, 5.74) is 1.24. The second-order valence-electron chi connectivity index (χ2n) is 6.93. The number of nitrogens with zero attached hydrogens (tertiary/aromatic N) is 3. The molecule has 1 aromatic heterocycles. The minimum atomic E-state index is -0.277. The lowest BCUT2D eigenvalue weighted by Crippen LogP contribution is -2.35. The van der Waals surface area contributed by atoms with Gasteiger partial charge in [0.1, 0.15) is 11.5 Å². The van der Waals surface area contributed by atoms with E-state index in [0.29, 0.717) is 18.3 Å². The number of halogens is 2. The number of nitrogens with one attached hydrogen (secondary N) is 2. The van der Waals surface area contributed by atoms with Gasteiger partial charge in [-0.15, -0.1) is 12.4 Å². The van der Waals surface area contributed by atoms with Crippen LogP contribution >= 0.6 is 12.4 Å². The summed E-state index contributed by atoms with van der Waals surface area (Å²) in [4.78, 5) is 14.4. The third-order valence-corrected chi connectivity index (χ3v) is 4.80. The molecule has 3 rings (SSSR count). The highest BCUT2D eigenvalue weighted by Crippen LogP contribution is 2.19. The minimum absolute atomic E-state index is 0. The molecule has 0 saturated carbocycles. The molecule has 1 fully saturated rings. The molecule has 2 N–H and O–H groups in total. The Morgan fingerprint density at radius 1 is 1.44 bits per heavy atom. The summed E-state index contributed by atoms with van der Waals surface area (Å²) in [5.74, 6) is -0.490. The standard InChI is InChI=1S/C19H26FN5O.ClH/c1-24(2)18(14-5-3-6-15(20)11-14)13-22-19(26)17-8-10-25(23-17)16-7-4-9-21-12-16;/h3,5-6,8,10-11,16,18,21H,4,7,9,12-13H2,1-2H3,(H,22,26);1H. The van der Waals surface area contributed by atoms with Gasteiger partial charge in [0.05, 0.1) is 12.1 Å². The van der Waals surface area contributed by atoms with Crippen LogP contribution in [0.5, 0.6) is 0 Å². The lowest BCUT2D eigenvalue weighted by molar-refractivity contribution is 0.0935. The van der Waals surface area contributed by atoms with Gasteiger partial charge in [0, 0.05) is 19.3 Å². The maximum absolute atomic E-state index is 13.5. The number of rotatable bonds is 6. The van der Waals surface area contributed by atoms with E-state index in [0.717, 1.165) is 31.5 Å². The van der Waals surface area contributed by atoms with Gasteiger partial charge in [-0.2, -0.15) is 5.10 Å². The van der Waals surface area contributed by atoms with Gasteiger partial charge in [-0.1, -0.05) is 12.1 Å². The molecule has 0 spiro atoms. The summed E-state index contributed by atoms with van der Waals surface area (Å²) in [6, 6.07) is 8.40. The molecule has 6 nitrogen and oxygen atoms in total. The lowest BCUT2D eigenvalue weighted by Gasteiger charge is -2.25. The summed E-state index contributed by atoms with van der Waals surface area (Å²) in [6.07, 6.45) is 4.05. The average Bonchev–Trinajstić information content (AvgIpc) is 3.12. The Labute approximate surface area is 165 Å². The Bertz CT molecular complexity index is 745. The number of benzene rings is 1. The minimum Gasteiger partial charge on any atom is -0.349 e. The monoisotopic (exact) mass is 395 g/mol. The maximum Gasteiger partial charge on any atom is 0.271 e. The summed E-state index contributed by atoms with van der Waals surface area (Å²) >= 11 is 0. The number of carbonyl (C=O) groups excluding carboxylic acids is 1. The van der Waals surface area contributed by atoms with Gasteiger partial charge in [0.2, 0.25) is 0 Å². The number of hydrogen-bond acceptors (Lipinski definition) is 4. The molecule has 8 heteroatoms. The van der Waals surface area contributed by atoms with E-state index in [9.17, 15) is 9.18 Å². The van der Waals surface area contributed by atoms with Crippen LogP contribution in [-0.2, 0) is 0 Å². The molecule has 27 heavy (non-hydrogen) atoms. The van der Waals surface area contributed by atoms with Crippen LogP contribution in [-0.4, -0.2) is 54.3 Å². The van der Waals surface area contributed by atoms with Gasteiger partial charge in [-0.3, -0.25) is 9.48 Å². The highest BCUT2D eigenvalue weighted by Gasteiger charge is 2.20. The van der Waals surface area contributed by atoms with Crippen LogP contribution in [0.4, 0.5) is 4.39 Å². The van der Waals surface area contributed by atoms with E-state index in [1.54, 1.807) is 12.1 Å². The van der Waals surface area contributed by atoms with Crippen molar-refractivity contribution >= 4 is 18.3 Å². The van der Waals surface area contributed by atoms with Crippen molar-refractivity contribution in [3.05, 3.63) is 53.6 Å². The quantitative estimate of drug-likeness (QED) is 0.788. The average molecular weight is 396 g/mol. The molecule has 0 bridgehead atoms. The van der Waals surface area contributed by atoms with Crippen molar-refractivity contribution in [2.75, 3.05) is 33.7 Å². The zero-order valence-corrected chi connectivity index (χ0v) is 16.5. The molecule has 2 unspecified atom stereocenters. The number of aromatic nitrogens is 2. The van der Waals surface area contributed by atoms with Crippen LogP contribution in [0.25, 0.3) is 0 Å². The Morgan fingerprint density at radius 3 is 2.93 bits per heavy atom. The van der Waals surface area contributed by atoms with Crippen molar-refractivity contribution in [1.29, 1.82) is 0 Å². The zero-order chi connectivity index (χ0) is 18.5. The molecule has 2 heterocycles. The number of hydrogen-bond donors (Lipinski definition) is 2. The Balaban J connectivity index is 0.00000261. The van der Waals surface area contributed by atoms with Gasteiger partial charge in [0.25, 0.3) is 5.91 Å². The van der Waals surface area contributed by atoms with Crippen molar-refractivity contribution in [2.45, 2.75) is 24.9 Å². The lowest BCUT2D eigenvalue weighted by atomic mass is 10.1. The van der Waals surface area contributed by atoms with Crippen LogP contribution in [0.3, 0.4) is 0 Å². The van der Waals surface area contributed by atoms with Crippen LogP contribution < -0.4 is 10.6 Å². The van der Waals surface area contributed by atoms with Crippen molar-refractivity contribution in [3.63, 3.8) is 0 Å². The molecule has 1 saturated heterocycles. The van der Waals surface area contributed by atoms with Gasteiger partial charge in [-0.25, -0.2) is 4.39 Å². The van der Waals surface area contributed by atoms with Crippen molar-refractivity contribution in [2.24, 2.45) is 0 Å². The predicted octanol–water partition coefficient (Wildman–Crippen LogP) is 2.40. The van der Waals surface area contributed by atoms with Gasteiger partial charge < -0.3 is 15.5 Å². The van der Waals surface area contributed by atoms with Crippen LogP contribution in [0.15, 0.2) is 36.5 Å². The third-order valence-electron chi connectivity index (χ3n) is 4.80.